The van der Waals surface area contributed by atoms with Crippen molar-refractivity contribution in [3.05, 3.63) is 16.7 Å². The van der Waals surface area contributed by atoms with Gasteiger partial charge in [0, 0.05) is 13.5 Å². The van der Waals surface area contributed by atoms with Crippen LogP contribution >= 0.6 is 0 Å². The molecule has 1 aliphatic rings. The SMILES string of the molecule is COC[C@@H]1CC(O[Si](C)(C)C(C)(C)C)[C@H](n2cnc3c(=O)[nH]c(N)nc32)O1. The van der Waals surface area contributed by atoms with Crippen LogP contribution in [0.4, 0.5) is 5.95 Å². The van der Waals surface area contributed by atoms with Gasteiger partial charge in [-0.15, -0.1) is 0 Å². The molecule has 0 radical (unpaired) electrons. The number of hydrogen-bond acceptors (Lipinski definition) is 7. The number of nitrogens with zero attached hydrogens (tertiary/aromatic N) is 3. The van der Waals surface area contributed by atoms with Gasteiger partial charge in [-0.25, -0.2) is 4.98 Å². The summed E-state index contributed by atoms with van der Waals surface area (Å²) in [4.78, 5) is 23.0. The highest BCUT2D eigenvalue weighted by molar-refractivity contribution is 6.74. The Kier molecular flexibility index (Phi) is 5.19. The third-order valence-electron chi connectivity index (χ3n) is 5.47. The molecule has 0 bridgehead atoms. The zero-order chi connectivity index (χ0) is 20.0. The van der Waals surface area contributed by atoms with Crippen molar-refractivity contribution < 1.29 is 13.9 Å². The molecular weight excluding hydrogens is 366 g/mol. The molecule has 27 heavy (non-hydrogen) atoms. The molecule has 0 spiro atoms. The number of methoxy groups -OCH3 is 1. The highest BCUT2D eigenvalue weighted by Crippen LogP contribution is 2.42. The first kappa shape index (κ1) is 20.0. The smallest absolute Gasteiger partial charge is 0.280 e. The lowest BCUT2D eigenvalue weighted by atomic mass is 10.2. The van der Waals surface area contributed by atoms with Crippen LogP contribution in [0.1, 0.15) is 33.4 Å². The first-order valence-electron chi connectivity index (χ1n) is 9.08. The molecule has 10 heteroatoms. The van der Waals surface area contributed by atoms with Crippen LogP contribution in [-0.4, -0.2) is 53.8 Å². The van der Waals surface area contributed by atoms with Crippen LogP contribution in [0.2, 0.25) is 18.1 Å². The van der Waals surface area contributed by atoms with Crippen molar-refractivity contribution in [2.75, 3.05) is 19.5 Å². The Morgan fingerprint density at radius 3 is 2.78 bits per heavy atom. The summed E-state index contributed by atoms with van der Waals surface area (Å²) in [7, 11) is -0.386. The Labute approximate surface area is 159 Å². The van der Waals surface area contributed by atoms with Crippen molar-refractivity contribution in [3.63, 3.8) is 0 Å². The summed E-state index contributed by atoms with van der Waals surface area (Å²) in [6.07, 6.45) is 1.52. The number of anilines is 1. The Morgan fingerprint density at radius 1 is 1.44 bits per heavy atom. The zero-order valence-electron chi connectivity index (χ0n) is 16.8. The highest BCUT2D eigenvalue weighted by atomic mass is 28.4. The fraction of sp³-hybridized carbons (Fsp3) is 0.706. The maximum Gasteiger partial charge on any atom is 0.280 e. The first-order valence-corrected chi connectivity index (χ1v) is 12.0. The average Bonchev–Trinajstić information content (AvgIpc) is 3.10. The number of ether oxygens (including phenoxy) is 2. The fourth-order valence-corrected chi connectivity index (χ4v) is 4.37. The minimum atomic E-state index is -2.03. The van der Waals surface area contributed by atoms with Gasteiger partial charge in [0.15, 0.2) is 25.7 Å². The largest absolute Gasteiger partial charge is 0.409 e. The molecule has 1 saturated heterocycles. The molecule has 150 valence electrons. The molecule has 3 atom stereocenters. The number of rotatable bonds is 5. The molecule has 1 fully saturated rings. The van der Waals surface area contributed by atoms with Gasteiger partial charge >= 0.3 is 0 Å². The maximum atomic E-state index is 12.1. The molecule has 3 heterocycles. The highest BCUT2D eigenvalue weighted by Gasteiger charge is 2.45. The molecule has 9 nitrogen and oxygen atoms in total. The number of H-pyrrole nitrogens is 1. The number of imidazole rings is 1. The molecule has 0 aliphatic carbocycles. The van der Waals surface area contributed by atoms with E-state index in [1.165, 1.54) is 0 Å². The molecule has 2 aromatic heterocycles. The van der Waals surface area contributed by atoms with Crippen LogP contribution < -0.4 is 11.3 Å². The van der Waals surface area contributed by atoms with Gasteiger partial charge in [0.1, 0.15) is 0 Å². The van der Waals surface area contributed by atoms with Gasteiger partial charge in [0.25, 0.3) is 5.56 Å². The van der Waals surface area contributed by atoms with E-state index in [1.54, 1.807) is 18.0 Å². The van der Waals surface area contributed by atoms with E-state index in [9.17, 15) is 4.79 Å². The van der Waals surface area contributed by atoms with Gasteiger partial charge in [0.2, 0.25) is 5.95 Å². The predicted molar refractivity (Wildman–Crippen MR) is 105 cm³/mol. The number of fused-ring (bicyclic) bond motifs is 1. The summed E-state index contributed by atoms with van der Waals surface area (Å²) in [5.74, 6) is 0.0440. The Balaban J connectivity index is 1.99. The summed E-state index contributed by atoms with van der Waals surface area (Å²) < 4.78 is 19.9. The normalized spacial score (nSPS) is 24.0. The monoisotopic (exact) mass is 395 g/mol. The van der Waals surface area contributed by atoms with Crippen LogP contribution in [0.5, 0.6) is 0 Å². The van der Waals surface area contributed by atoms with Crippen molar-refractivity contribution >= 4 is 25.4 Å². The van der Waals surface area contributed by atoms with Crippen LogP contribution in [0.15, 0.2) is 11.1 Å². The number of nitrogen functional groups attached to an aromatic ring is 1. The van der Waals surface area contributed by atoms with E-state index in [0.717, 1.165) is 0 Å². The topological polar surface area (TPSA) is 117 Å². The van der Waals surface area contributed by atoms with Crippen LogP contribution in [0.3, 0.4) is 0 Å². The Bertz CT molecular complexity index is 872. The van der Waals surface area contributed by atoms with E-state index in [0.29, 0.717) is 18.7 Å². The molecule has 1 unspecified atom stereocenters. The third kappa shape index (κ3) is 3.79. The number of nitrogens with two attached hydrogens (primary N) is 1. The van der Waals surface area contributed by atoms with Gasteiger partial charge < -0.3 is 19.6 Å². The van der Waals surface area contributed by atoms with Crippen molar-refractivity contribution in [1.29, 1.82) is 0 Å². The second-order valence-electron chi connectivity index (χ2n) is 8.53. The van der Waals surface area contributed by atoms with E-state index in [-0.39, 0.29) is 34.3 Å². The quantitative estimate of drug-likeness (QED) is 0.744. The van der Waals surface area contributed by atoms with Crippen molar-refractivity contribution in [2.45, 2.75) is 63.8 Å². The summed E-state index contributed by atoms with van der Waals surface area (Å²) >= 11 is 0. The third-order valence-corrected chi connectivity index (χ3v) is 9.98. The molecule has 2 aromatic rings. The van der Waals surface area contributed by atoms with E-state index in [4.69, 9.17) is 19.6 Å². The van der Waals surface area contributed by atoms with Crippen molar-refractivity contribution in [3.8, 4) is 0 Å². The Morgan fingerprint density at radius 2 is 2.15 bits per heavy atom. The molecule has 0 amide bonds. The Hall–Kier alpha value is -1.75. The maximum absolute atomic E-state index is 12.1. The number of nitrogens with one attached hydrogen (secondary N) is 1. The van der Waals surface area contributed by atoms with Gasteiger partial charge in [-0.3, -0.25) is 14.3 Å². The van der Waals surface area contributed by atoms with E-state index >= 15 is 0 Å². The summed E-state index contributed by atoms with van der Waals surface area (Å²) in [6.45, 7) is 11.5. The van der Waals surface area contributed by atoms with E-state index in [2.05, 4.69) is 48.8 Å². The lowest BCUT2D eigenvalue weighted by molar-refractivity contribution is -0.0517. The van der Waals surface area contributed by atoms with Crippen LogP contribution in [0.25, 0.3) is 11.2 Å². The zero-order valence-corrected chi connectivity index (χ0v) is 17.8. The fourth-order valence-electron chi connectivity index (χ4n) is 3.04. The van der Waals surface area contributed by atoms with Gasteiger partial charge in [-0.1, -0.05) is 20.8 Å². The van der Waals surface area contributed by atoms with Crippen molar-refractivity contribution in [1.82, 2.24) is 19.5 Å². The van der Waals surface area contributed by atoms with Gasteiger partial charge in [0.05, 0.1) is 25.1 Å². The van der Waals surface area contributed by atoms with E-state index < -0.39 is 14.5 Å². The molecule has 0 aromatic carbocycles. The summed E-state index contributed by atoms with van der Waals surface area (Å²) in [5.41, 5.74) is 5.98. The first-order chi connectivity index (χ1) is 12.5. The average molecular weight is 396 g/mol. The lowest BCUT2D eigenvalue weighted by Crippen LogP contribution is -2.45. The predicted octanol–water partition coefficient (Wildman–Crippen LogP) is 2.03. The molecular formula is C17H29N5O4Si. The van der Waals surface area contributed by atoms with Crippen LogP contribution in [0, 0.1) is 0 Å². The van der Waals surface area contributed by atoms with Crippen LogP contribution in [-0.2, 0) is 13.9 Å². The number of hydrogen-bond donors (Lipinski definition) is 2. The minimum absolute atomic E-state index is 0.0440. The van der Waals surface area contributed by atoms with E-state index in [1.807, 2.05) is 0 Å². The molecule has 1 aliphatic heterocycles. The van der Waals surface area contributed by atoms with Gasteiger partial charge in [-0.05, 0) is 18.1 Å². The molecule has 0 saturated carbocycles. The number of aromatic amines is 1. The second-order valence-corrected chi connectivity index (χ2v) is 13.3. The minimum Gasteiger partial charge on any atom is -0.409 e. The van der Waals surface area contributed by atoms with Crippen molar-refractivity contribution in [2.24, 2.45) is 0 Å². The lowest BCUT2D eigenvalue weighted by Gasteiger charge is -2.39. The molecule has 3 N–H and O–H groups in total. The second kappa shape index (κ2) is 7.01. The summed E-state index contributed by atoms with van der Waals surface area (Å²) in [6, 6.07) is 0. The standard InChI is InChI=1S/C17H29N5O4Si/c1-17(2,3)27(5,6)26-11-7-10(8-24-4)25-15(11)22-9-19-12-13(22)20-16(18)21-14(12)23/h9-11,15H,7-8H2,1-6H3,(H3,18,20,21,23)/t10-,11?,15+/m0/s1. The van der Waals surface area contributed by atoms with Gasteiger partial charge in [-0.2, -0.15) is 4.98 Å². The summed E-state index contributed by atoms with van der Waals surface area (Å²) in [5, 5.41) is 0.0632. The molecule has 3 rings (SSSR count). The number of aromatic nitrogens is 4.